The van der Waals surface area contributed by atoms with Crippen LogP contribution in [0.1, 0.15) is 30.4 Å². The Balaban J connectivity index is 1.74. The quantitative estimate of drug-likeness (QED) is 0.781. The summed E-state index contributed by atoms with van der Waals surface area (Å²) in [5, 5.41) is 10.4. The van der Waals surface area contributed by atoms with E-state index in [2.05, 4.69) is 31.2 Å². The molecule has 0 aromatic heterocycles. The molecule has 0 amide bonds. The molecule has 2 saturated carbocycles. The molecular weight excluding hydrogens is 184 g/mol. The van der Waals surface area contributed by atoms with Crippen LogP contribution in [0.25, 0.3) is 0 Å². The predicted octanol–water partition coefficient (Wildman–Crippen LogP) is 2.70. The lowest BCUT2D eigenvalue weighted by molar-refractivity contribution is 0.107. The van der Waals surface area contributed by atoms with E-state index >= 15 is 0 Å². The van der Waals surface area contributed by atoms with Crippen LogP contribution in [0.2, 0.25) is 0 Å². The molecule has 3 rings (SSSR count). The highest BCUT2D eigenvalue weighted by Gasteiger charge is 2.64. The molecule has 1 N–H and O–H groups in total. The second-order valence-corrected chi connectivity index (χ2v) is 5.30. The van der Waals surface area contributed by atoms with Crippen LogP contribution in [0.3, 0.4) is 0 Å². The molecule has 2 atom stereocenters. The molecule has 1 heteroatoms. The molecule has 15 heavy (non-hydrogen) atoms. The Morgan fingerprint density at radius 2 is 1.80 bits per heavy atom. The lowest BCUT2D eigenvalue weighted by Gasteiger charge is -2.14. The third-order valence-corrected chi connectivity index (χ3v) is 4.30. The number of hydrogen-bond donors (Lipinski definition) is 1. The van der Waals surface area contributed by atoms with Crippen LogP contribution >= 0.6 is 0 Å². The number of hydrogen-bond acceptors (Lipinski definition) is 1. The van der Waals surface area contributed by atoms with E-state index < -0.39 is 0 Å². The zero-order valence-electron chi connectivity index (χ0n) is 9.24. The summed E-state index contributed by atoms with van der Waals surface area (Å²) in [5.41, 5.74) is 2.24. The molecule has 0 radical (unpaired) electrons. The van der Waals surface area contributed by atoms with E-state index in [1.54, 1.807) is 0 Å². The highest BCUT2D eigenvalue weighted by molar-refractivity contribution is 5.27. The van der Waals surface area contributed by atoms with E-state index in [4.69, 9.17) is 0 Å². The Bertz CT molecular complexity index is 355. The maximum Gasteiger partial charge on any atom is 0.0751 e. The van der Waals surface area contributed by atoms with Crippen molar-refractivity contribution in [3.8, 4) is 0 Å². The fraction of sp³-hybridized carbons (Fsp3) is 0.571. The molecule has 2 aliphatic carbocycles. The van der Waals surface area contributed by atoms with E-state index in [1.165, 1.54) is 30.4 Å². The van der Waals surface area contributed by atoms with Crippen LogP contribution in [0.15, 0.2) is 24.3 Å². The van der Waals surface area contributed by atoms with E-state index in [-0.39, 0.29) is 5.60 Å². The van der Waals surface area contributed by atoms with E-state index in [1.807, 2.05) is 0 Å². The van der Waals surface area contributed by atoms with Gasteiger partial charge in [0.25, 0.3) is 0 Å². The zero-order chi connectivity index (χ0) is 10.5. The molecule has 2 fully saturated rings. The van der Waals surface area contributed by atoms with Crippen LogP contribution in [0.5, 0.6) is 0 Å². The minimum atomic E-state index is -0.340. The van der Waals surface area contributed by atoms with Crippen LogP contribution in [-0.4, -0.2) is 10.7 Å². The molecule has 1 aromatic carbocycles. The third-order valence-electron chi connectivity index (χ3n) is 4.30. The topological polar surface area (TPSA) is 20.2 Å². The highest BCUT2D eigenvalue weighted by Crippen LogP contribution is 2.61. The van der Waals surface area contributed by atoms with Gasteiger partial charge in [0.05, 0.1) is 5.60 Å². The summed E-state index contributed by atoms with van der Waals surface area (Å²) in [7, 11) is 0. The summed E-state index contributed by atoms with van der Waals surface area (Å²) < 4.78 is 0. The molecule has 0 saturated heterocycles. The zero-order valence-corrected chi connectivity index (χ0v) is 9.24. The maximum atomic E-state index is 10.4. The first-order valence-corrected chi connectivity index (χ1v) is 5.98. The largest absolute Gasteiger partial charge is 0.389 e. The molecule has 0 aliphatic heterocycles. The number of rotatable bonds is 2. The van der Waals surface area contributed by atoms with Gasteiger partial charge in [0.1, 0.15) is 0 Å². The average Bonchev–Trinajstić information content (AvgIpc) is 2.67. The molecule has 1 aromatic rings. The standard InChI is InChI=1S/C14H18O/c1-10-5-7-11(8-6-10)9-14(15)12-3-2-4-13(12)14/h5-8,12-13,15H,2-4,9H2,1H3. The van der Waals surface area contributed by atoms with Gasteiger partial charge in [0.2, 0.25) is 0 Å². The summed E-state index contributed by atoms with van der Waals surface area (Å²) >= 11 is 0. The van der Waals surface area contributed by atoms with E-state index in [0.717, 1.165) is 6.42 Å². The Morgan fingerprint density at radius 3 is 2.40 bits per heavy atom. The van der Waals surface area contributed by atoms with E-state index in [0.29, 0.717) is 11.8 Å². The molecule has 0 spiro atoms. The maximum absolute atomic E-state index is 10.4. The Kier molecular flexibility index (Phi) is 1.93. The second kappa shape index (κ2) is 3.08. The van der Waals surface area contributed by atoms with Crippen LogP contribution in [0.4, 0.5) is 0 Å². The Hall–Kier alpha value is -0.820. The molecule has 1 nitrogen and oxygen atoms in total. The van der Waals surface area contributed by atoms with Crippen molar-refractivity contribution in [2.45, 2.75) is 38.2 Å². The summed E-state index contributed by atoms with van der Waals surface area (Å²) in [5.74, 6) is 1.22. The predicted molar refractivity (Wildman–Crippen MR) is 60.7 cm³/mol. The van der Waals surface area contributed by atoms with Crippen molar-refractivity contribution in [3.05, 3.63) is 35.4 Å². The second-order valence-electron chi connectivity index (χ2n) is 5.30. The molecule has 0 bridgehead atoms. The number of aliphatic hydroxyl groups is 1. The molecule has 80 valence electrons. The lowest BCUT2D eigenvalue weighted by Crippen LogP contribution is -2.19. The van der Waals surface area contributed by atoms with E-state index in [9.17, 15) is 5.11 Å². The first-order chi connectivity index (χ1) is 7.20. The first kappa shape index (κ1) is 9.41. The van der Waals surface area contributed by atoms with Gasteiger partial charge in [-0.05, 0) is 37.2 Å². The van der Waals surface area contributed by atoms with Gasteiger partial charge in [0.15, 0.2) is 0 Å². The minimum Gasteiger partial charge on any atom is -0.389 e. The van der Waals surface area contributed by atoms with Gasteiger partial charge in [-0.1, -0.05) is 36.2 Å². The van der Waals surface area contributed by atoms with Gasteiger partial charge in [0, 0.05) is 6.42 Å². The molecule has 2 unspecified atom stereocenters. The first-order valence-electron chi connectivity index (χ1n) is 5.98. The van der Waals surface area contributed by atoms with Crippen molar-refractivity contribution in [1.82, 2.24) is 0 Å². The summed E-state index contributed by atoms with van der Waals surface area (Å²) in [4.78, 5) is 0. The summed E-state index contributed by atoms with van der Waals surface area (Å²) in [6.45, 7) is 2.10. The van der Waals surface area contributed by atoms with Gasteiger partial charge >= 0.3 is 0 Å². The average molecular weight is 202 g/mol. The van der Waals surface area contributed by atoms with Crippen LogP contribution in [0, 0.1) is 18.8 Å². The molecule has 2 aliphatic rings. The fourth-order valence-corrected chi connectivity index (χ4v) is 3.34. The highest BCUT2D eigenvalue weighted by atomic mass is 16.3. The fourth-order valence-electron chi connectivity index (χ4n) is 3.34. The lowest BCUT2D eigenvalue weighted by atomic mass is 9.99. The van der Waals surface area contributed by atoms with Crippen molar-refractivity contribution in [1.29, 1.82) is 0 Å². The van der Waals surface area contributed by atoms with Crippen molar-refractivity contribution in [2.75, 3.05) is 0 Å². The van der Waals surface area contributed by atoms with Gasteiger partial charge in [-0.25, -0.2) is 0 Å². The van der Waals surface area contributed by atoms with Crippen molar-refractivity contribution in [3.63, 3.8) is 0 Å². The van der Waals surface area contributed by atoms with Gasteiger partial charge in [-0.3, -0.25) is 0 Å². The SMILES string of the molecule is Cc1ccc(CC2(O)C3CCCC32)cc1. The van der Waals surface area contributed by atoms with Gasteiger partial charge < -0.3 is 5.11 Å². The van der Waals surface area contributed by atoms with Gasteiger partial charge in [-0.2, -0.15) is 0 Å². The van der Waals surface area contributed by atoms with Crippen molar-refractivity contribution < 1.29 is 5.11 Å². The smallest absolute Gasteiger partial charge is 0.0751 e. The van der Waals surface area contributed by atoms with Crippen molar-refractivity contribution in [2.24, 2.45) is 11.8 Å². The number of fused-ring (bicyclic) bond motifs is 1. The summed E-state index contributed by atoms with van der Waals surface area (Å²) in [6.07, 6.45) is 4.67. The normalized spacial score (nSPS) is 37.7. The van der Waals surface area contributed by atoms with Crippen LogP contribution < -0.4 is 0 Å². The molecular formula is C14H18O. The minimum absolute atomic E-state index is 0.340. The Morgan fingerprint density at radius 1 is 1.20 bits per heavy atom. The van der Waals surface area contributed by atoms with Crippen molar-refractivity contribution >= 4 is 0 Å². The number of benzene rings is 1. The monoisotopic (exact) mass is 202 g/mol. The third kappa shape index (κ3) is 1.41. The molecule has 0 heterocycles. The van der Waals surface area contributed by atoms with Crippen LogP contribution in [-0.2, 0) is 6.42 Å². The van der Waals surface area contributed by atoms with Gasteiger partial charge in [-0.15, -0.1) is 0 Å². The number of aryl methyl sites for hydroxylation is 1. The Labute approximate surface area is 91.1 Å². The summed E-state index contributed by atoms with van der Waals surface area (Å²) in [6, 6.07) is 8.58.